The minimum absolute atomic E-state index is 0.164. The van der Waals surface area contributed by atoms with E-state index in [0.717, 1.165) is 38.5 Å². The number of esters is 1. The lowest BCUT2D eigenvalue weighted by atomic mass is 9.97. The highest BCUT2D eigenvalue weighted by molar-refractivity contribution is 7.46. The van der Waals surface area contributed by atoms with Crippen molar-refractivity contribution in [2.75, 3.05) is 13.2 Å². The number of unbranched alkanes of at least 4 members (excludes halogenated alkanes) is 7. The van der Waals surface area contributed by atoms with E-state index >= 15 is 0 Å². The maximum absolute atomic E-state index is 14.1. The van der Waals surface area contributed by atoms with Crippen molar-refractivity contribution >= 4 is 19.6 Å². The first-order chi connectivity index (χ1) is 14.0. The Kier molecular flexibility index (Phi) is 15.4. The average molecular weight is 458 g/mol. The van der Waals surface area contributed by atoms with Gasteiger partial charge < -0.3 is 14.5 Å². The van der Waals surface area contributed by atoms with Crippen molar-refractivity contribution in [2.45, 2.75) is 96.8 Å². The van der Waals surface area contributed by atoms with Crippen molar-refractivity contribution in [3.63, 3.8) is 0 Å². The average Bonchev–Trinajstić information content (AvgIpc) is 2.66. The van der Waals surface area contributed by atoms with E-state index < -0.39 is 57.5 Å². The number of phosphoric ester groups is 1. The molecule has 178 valence electrons. The molecule has 7 nitrogen and oxygen atoms in total. The van der Waals surface area contributed by atoms with Crippen molar-refractivity contribution in [2.24, 2.45) is 5.92 Å². The molecule has 2 N–H and O–H groups in total. The topological polar surface area (TPSA) is 110 Å². The van der Waals surface area contributed by atoms with Crippen LogP contribution in [0.4, 0.5) is 8.78 Å². The largest absolute Gasteiger partial charge is 0.469 e. The number of alkyl halides is 2. The third-order valence-electron chi connectivity index (χ3n) is 4.67. The van der Waals surface area contributed by atoms with Gasteiger partial charge in [0.1, 0.15) is 0 Å². The summed E-state index contributed by atoms with van der Waals surface area (Å²) < 4.78 is 48.5. The maximum Gasteiger partial charge on any atom is 0.469 e. The monoisotopic (exact) mass is 458 g/mol. The predicted molar refractivity (Wildman–Crippen MR) is 109 cm³/mol. The summed E-state index contributed by atoms with van der Waals surface area (Å²) in [5.74, 6) is -6.46. The Morgan fingerprint density at radius 2 is 1.50 bits per heavy atom. The molecule has 0 rings (SSSR count). The Balaban J connectivity index is 4.63. The van der Waals surface area contributed by atoms with E-state index in [4.69, 9.17) is 14.5 Å². The van der Waals surface area contributed by atoms with Gasteiger partial charge in [-0.1, -0.05) is 58.8 Å². The maximum atomic E-state index is 14.1. The van der Waals surface area contributed by atoms with Gasteiger partial charge in [-0.05, 0) is 12.8 Å². The van der Waals surface area contributed by atoms with Gasteiger partial charge in [0.2, 0.25) is 5.78 Å². The van der Waals surface area contributed by atoms with Crippen LogP contribution in [0.3, 0.4) is 0 Å². The Morgan fingerprint density at radius 3 is 2.07 bits per heavy atom. The number of rotatable bonds is 19. The lowest BCUT2D eigenvalue weighted by Crippen LogP contribution is -2.32. The molecule has 0 radical (unpaired) electrons. The zero-order chi connectivity index (χ0) is 23.0. The van der Waals surface area contributed by atoms with Gasteiger partial charge in [0.05, 0.1) is 13.2 Å². The van der Waals surface area contributed by atoms with Gasteiger partial charge in [-0.3, -0.25) is 14.1 Å². The van der Waals surface area contributed by atoms with Crippen LogP contribution in [0.5, 0.6) is 0 Å². The minimum atomic E-state index is -4.84. The number of halogens is 2. The van der Waals surface area contributed by atoms with Gasteiger partial charge in [0, 0.05) is 25.2 Å². The SMILES string of the molecule is CCCCCCCC(=O)OCC(COP(=O)(O)O)CC(=O)C(F)(F)CCCCCC. The van der Waals surface area contributed by atoms with E-state index in [1.54, 1.807) is 0 Å². The highest BCUT2D eigenvalue weighted by atomic mass is 31.2. The summed E-state index contributed by atoms with van der Waals surface area (Å²) in [6.45, 7) is 2.95. The molecule has 30 heavy (non-hydrogen) atoms. The van der Waals surface area contributed by atoms with Crippen molar-refractivity contribution in [3.05, 3.63) is 0 Å². The first-order valence-corrected chi connectivity index (χ1v) is 12.3. The second-order valence-corrected chi connectivity index (χ2v) is 8.88. The van der Waals surface area contributed by atoms with E-state index in [2.05, 4.69) is 11.4 Å². The van der Waals surface area contributed by atoms with Crippen LogP contribution < -0.4 is 0 Å². The van der Waals surface area contributed by atoms with Gasteiger partial charge in [-0.25, -0.2) is 4.57 Å². The van der Waals surface area contributed by atoms with E-state index in [1.165, 1.54) is 0 Å². The molecule has 0 amide bonds. The van der Waals surface area contributed by atoms with Crippen LogP contribution in [0.1, 0.15) is 90.9 Å². The number of ketones is 1. The van der Waals surface area contributed by atoms with Crippen LogP contribution in [0.2, 0.25) is 0 Å². The summed E-state index contributed by atoms with van der Waals surface area (Å²) in [5, 5.41) is 0. The van der Waals surface area contributed by atoms with Gasteiger partial charge >= 0.3 is 19.7 Å². The molecule has 0 aliphatic rings. The second kappa shape index (κ2) is 15.8. The Labute approximate surface area is 178 Å². The van der Waals surface area contributed by atoms with E-state index in [1.807, 2.05) is 6.92 Å². The van der Waals surface area contributed by atoms with Crippen molar-refractivity contribution in [1.29, 1.82) is 0 Å². The highest BCUT2D eigenvalue weighted by Crippen LogP contribution is 2.37. The molecule has 1 atom stereocenters. The molecule has 0 aliphatic carbocycles. The first-order valence-electron chi connectivity index (χ1n) is 10.8. The second-order valence-electron chi connectivity index (χ2n) is 7.64. The van der Waals surface area contributed by atoms with Crippen LogP contribution >= 0.6 is 7.82 Å². The molecule has 0 fully saturated rings. The summed E-state index contributed by atoms with van der Waals surface area (Å²) in [5.41, 5.74) is 0. The Bertz CT molecular complexity index is 537. The molecule has 0 aliphatic heterocycles. The molecule has 10 heteroatoms. The van der Waals surface area contributed by atoms with Crippen molar-refractivity contribution < 1.29 is 42.0 Å². The van der Waals surface area contributed by atoms with Crippen LogP contribution in [-0.2, 0) is 23.4 Å². The van der Waals surface area contributed by atoms with E-state index in [0.29, 0.717) is 12.8 Å². The first kappa shape index (κ1) is 29.1. The highest BCUT2D eigenvalue weighted by Gasteiger charge is 2.39. The number of carbonyl (C=O) groups excluding carboxylic acids is 2. The third kappa shape index (κ3) is 15.9. The molecule has 0 saturated carbocycles. The fourth-order valence-corrected chi connectivity index (χ4v) is 3.25. The van der Waals surface area contributed by atoms with Gasteiger partial charge in [-0.2, -0.15) is 8.78 Å². The quantitative estimate of drug-likeness (QED) is 0.156. The molecular formula is C20H37F2O7P. The summed E-state index contributed by atoms with van der Waals surface area (Å²) in [4.78, 5) is 41.5. The molecular weight excluding hydrogens is 421 g/mol. The van der Waals surface area contributed by atoms with Crippen molar-refractivity contribution in [3.8, 4) is 0 Å². The van der Waals surface area contributed by atoms with Gasteiger partial charge in [0.15, 0.2) is 0 Å². The molecule has 0 heterocycles. The van der Waals surface area contributed by atoms with Crippen LogP contribution in [0, 0.1) is 5.92 Å². The summed E-state index contributed by atoms with van der Waals surface area (Å²) in [6, 6.07) is 0. The standard InChI is InChI=1S/C20H37F2O7P/c1-3-5-7-9-10-12-19(24)28-15-17(16-29-30(25,26)27)14-18(23)20(21,22)13-11-8-6-4-2/h17H,3-16H2,1-2H3,(H2,25,26,27). The number of Topliss-reactive ketones (excluding diaryl/α,β-unsaturated/α-hetero) is 1. The fraction of sp³-hybridized carbons (Fsp3) is 0.900. The number of carbonyl (C=O) groups is 2. The molecule has 0 aromatic rings. The lowest BCUT2D eigenvalue weighted by molar-refractivity contribution is -0.150. The van der Waals surface area contributed by atoms with Gasteiger partial charge in [-0.15, -0.1) is 0 Å². The summed E-state index contributed by atoms with van der Waals surface area (Å²) in [7, 11) is -4.84. The Hall–Kier alpha value is -0.890. The zero-order valence-electron chi connectivity index (χ0n) is 18.1. The molecule has 0 aromatic carbocycles. The molecule has 0 spiro atoms. The van der Waals surface area contributed by atoms with Gasteiger partial charge in [0.25, 0.3) is 0 Å². The number of phosphoric acid groups is 1. The summed E-state index contributed by atoms with van der Waals surface area (Å²) >= 11 is 0. The van der Waals surface area contributed by atoms with Crippen LogP contribution in [0.15, 0.2) is 0 Å². The number of ether oxygens (including phenoxy) is 1. The van der Waals surface area contributed by atoms with Crippen LogP contribution in [-0.4, -0.2) is 40.7 Å². The fourth-order valence-electron chi connectivity index (χ4n) is 2.85. The molecule has 0 saturated heterocycles. The van der Waals surface area contributed by atoms with E-state index in [-0.39, 0.29) is 12.8 Å². The molecule has 0 bridgehead atoms. The third-order valence-corrected chi connectivity index (χ3v) is 5.15. The smallest absolute Gasteiger partial charge is 0.465 e. The summed E-state index contributed by atoms with van der Waals surface area (Å²) in [6.07, 6.45) is 6.05. The lowest BCUT2D eigenvalue weighted by Gasteiger charge is -2.20. The number of hydrogen-bond acceptors (Lipinski definition) is 5. The van der Waals surface area contributed by atoms with Crippen LogP contribution in [0.25, 0.3) is 0 Å². The molecule has 0 aromatic heterocycles. The van der Waals surface area contributed by atoms with E-state index in [9.17, 15) is 22.9 Å². The Morgan fingerprint density at radius 1 is 0.933 bits per heavy atom. The zero-order valence-corrected chi connectivity index (χ0v) is 19.0. The molecule has 1 unspecified atom stereocenters. The minimum Gasteiger partial charge on any atom is -0.465 e. The normalized spacial score (nSPS) is 13.3. The van der Waals surface area contributed by atoms with Crippen molar-refractivity contribution in [1.82, 2.24) is 0 Å². The number of hydrogen-bond donors (Lipinski definition) is 2. The predicted octanol–water partition coefficient (Wildman–Crippen LogP) is 5.18.